The Balaban J connectivity index is 2.72. The number of hydrogen-bond donors (Lipinski definition) is 1. The van der Waals surface area contributed by atoms with Gasteiger partial charge in [-0.15, -0.1) is 0 Å². The van der Waals surface area contributed by atoms with Gasteiger partial charge in [0.25, 0.3) is 11.5 Å². The number of amides is 1. The fourth-order valence-electron chi connectivity index (χ4n) is 2.22. The molecule has 0 fully saturated rings. The molecule has 0 saturated carbocycles. The third kappa shape index (κ3) is 2.64. The first-order valence-electron chi connectivity index (χ1n) is 6.73. The van der Waals surface area contributed by atoms with E-state index in [0.717, 1.165) is 4.57 Å². The predicted octanol–water partition coefficient (Wildman–Crippen LogP) is -0.683. The Bertz CT molecular complexity index is 851. The SMILES string of the molecule is COCCNC(=O)c1cc(C)nc2c1c(=O)n(C)c(=O)n2C. The van der Waals surface area contributed by atoms with E-state index in [1.807, 2.05) is 0 Å². The number of pyridine rings is 1. The van der Waals surface area contributed by atoms with Crippen LogP contribution in [0.25, 0.3) is 11.0 Å². The molecule has 0 bridgehead atoms. The Morgan fingerprint density at radius 3 is 2.64 bits per heavy atom. The molecule has 0 aliphatic carbocycles. The molecule has 0 unspecified atom stereocenters. The second kappa shape index (κ2) is 6.10. The summed E-state index contributed by atoms with van der Waals surface area (Å²) in [5.74, 6) is -0.400. The molecular weight excluding hydrogens is 288 g/mol. The monoisotopic (exact) mass is 306 g/mol. The van der Waals surface area contributed by atoms with Crippen molar-refractivity contribution in [2.75, 3.05) is 20.3 Å². The van der Waals surface area contributed by atoms with E-state index in [1.54, 1.807) is 6.92 Å². The molecule has 0 spiro atoms. The molecule has 2 aromatic rings. The Kier molecular flexibility index (Phi) is 4.41. The molecule has 8 heteroatoms. The standard InChI is InChI=1S/C14H18N4O4/c1-8-7-9(12(19)15-5-6-22-4)10-11(16-8)17(2)14(21)18(3)13(10)20/h7H,5-6H2,1-4H3,(H,15,19). The van der Waals surface area contributed by atoms with Crippen LogP contribution in [0.2, 0.25) is 0 Å². The van der Waals surface area contributed by atoms with Gasteiger partial charge in [0, 0.05) is 33.4 Å². The molecule has 8 nitrogen and oxygen atoms in total. The van der Waals surface area contributed by atoms with Gasteiger partial charge in [-0.1, -0.05) is 0 Å². The highest BCUT2D eigenvalue weighted by molar-refractivity contribution is 6.05. The van der Waals surface area contributed by atoms with Gasteiger partial charge in [-0.2, -0.15) is 0 Å². The summed E-state index contributed by atoms with van der Waals surface area (Å²) in [4.78, 5) is 40.9. The van der Waals surface area contributed by atoms with E-state index in [1.165, 1.54) is 31.8 Å². The van der Waals surface area contributed by atoms with E-state index in [2.05, 4.69) is 10.3 Å². The van der Waals surface area contributed by atoms with Gasteiger partial charge in [-0.3, -0.25) is 18.7 Å². The minimum Gasteiger partial charge on any atom is -0.383 e. The Hall–Kier alpha value is -2.48. The van der Waals surface area contributed by atoms with Crippen LogP contribution in [-0.4, -0.2) is 40.3 Å². The Morgan fingerprint density at radius 1 is 1.32 bits per heavy atom. The van der Waals surface area contributed by atoms with Crippen molar-refractivity contribution in [3.05, 3.63) is 38.2 Å². The number of carbonyl (C=O) groups excluding carboxylic acids is 1. The maximum atomic E-state index is 12.4. The van der Waals surface area contributed by atoms with Crippen LogP contribution < -0.4 is 16.6 Å². The average Bonchev–Trinajstić information content (AvgIpc) is 2.50. The van der Waals surface area contributed by atoms with Gasteiger partial charge in [-0.05, 0) is 13.0 Å². The molecule has 1 amide bonds. The summed E-state index contributed by atoms with van der Waals surface area (Å²) in [6, 6.07) is 1.54. The predicted molar refractivity (Wildman–Crippen MR) is 81.2 cm³/mol. The molecule has 0 saturated heterocycles. The first-order valence-corrected chi connectivity index (χ1v) is 6.73. The number of methoxy groups -OCH3 is 1. The van der Waals surface area contributed by atoms with Crippen molar-refractivity contribution in [2.24, 2.45) is 14.1 Å². The second-order valence-electron chi connectivity index (χ2n) is 4.96. The number of aromatic nitrogens is 3. The lowest BCUT2D eigenvalue weighted by Gasteiger charge is -2.11. The summed E-state index contributed by atoms with van der Waals surface area (Å²) >= 11 is 0. The molecule has 0 radical (unpaired) electrons. The zero-order chi connectivity index (χ0) is 16.4. The number of hydrogen-bond acceptors (Lipinski definition) is 5. The van der Waals surface area contributed by atoms with Crippen LogP contribution in [0.1, 0.15) is 16.1 Å². The van der Waals surface area contributed by atoms with Gasteiger partial charge in [0.05, 0.1) is 17.6 Å². The highest BCUT2D eigenvalue weighted by Crippen LogP contribution is 2.13. The molecule has 118 valence electrons. The fraction of sp³-hybridized carbons (Fsp3) is 0.429. The Morgan fingerprint density at radius 2 is 2.00 bits per heavy atom. The number of carbonyl (C=O) groups is 1. The van der Waals surface area contributed by atoms with Crippen molar-refractivity contribution < 1.29 is 9.53 Å². The minimum atomic E-state index is -0.539. The summed E-state index contributed by atoms with van der Waals surface area (Å²) in [7, 11) is 4.42. The number of fused-ring (bicyclic) bond motifs is 1. The first-order chi connectivity index (χ1) is 10.4. The van der Waals surface area contributed by atoms with E-state index in [0.29, 0.717) is 18.8 Å². The van der Waals surface area contributed by atoms with Crippen molar-refractivity contribution in [1.82, 2.24) is 19.4 Å². The van der Waals surface area contributed by atoms with Gasteiger partial charge < -0.3 is 10.1 Å². The van der Waals surface area contributed by atoms with Crippen molar-refractivity contribution in [1.29, 1.82) is 0 Å². The number of ether oxygens (including phenoxy) is 1. The van der Waals surface area contributed by atoms with E-state index >= 15 is 0 Å². The van der Waals surface area contributed by atoms with Crippen LogP contribution in [0.4, 0.5) is 0 Å². The largest absolute Gasteiger partial charge is 0.383 e. The second-order valence-corrected chi connectivity index (χ2v) is 4.96. The summed E-state index contributed by atoms with van der Waals surface area (Å²) in [5, 5.41) is 2.80. The van der Waals surface area contributed by atoms with Crippen LogP contribution in [0.3, 0.4) is 0 Å². The first kappa shape index (κ1) is 15.9. The topological polar surface area (TPSA) is 95.2 Å². The van der Waals surface area contributed by atoms with Crippen LogP contribution in [0.15, 0.2) is 15.7 Å². The normalized spacial score (nSPS) is 10.9. The number of rotatable bonds is 4. The lowest BCUT2D eigenvalue weighted by Crippen LogP contribution is -2.39. The molecule has 0 aliphatic rings. The molecule has 22 heavy (non-hydrogen) atoms. The molecular formula is C14H18N4O4. The molecule has 0 aromatic carbocycles. The van der Waals surface area contributed by atoms with Crippen LogP contribution >= 0.6 is 0 Å². The molecule has 2 rings (SSSR count). The number of nitrogens with zero attached hydrogens (tertiary/aromatic N) is 3. The van der Waals surface area contributed by atoms with E-state index in [9.17, 15) is 14.4 Å². The molecule has 0 aliphatic heterocycles. The average molecular weight is 306 g/mol. The van der Waals surface area contributed by atoms with Gasteiger partial charge in [-0.25, -0.2) is 9.78 Å². The molecule has 0 atom stereocenters. The maximum Gasteiger partial charge on any atom is 0.332 e. The van der Waals surface area contributed by atoms with Crippen molar-refractivity contribution >= 4 is 16.9 Å². The molecule has 2 heterocycles. The highest BCUT2D eigenvalue weighted by Gasteiger charge is 2.18. The van der Waals surface area contributed by atoms with Crippen molar-refractivity contribution in [3.63, 3.8) is 0 Å². The summed E-state index contributed by atoms with van der Waals surface area (Å²) in [5.41, 5.74) is -0.0729. The zero-order valence-corrected chi connectivity index (χ0v) is 13.0. The summed E-state index contributed by atoms with van der Waals surface area (Å²) in [6.45, 7) is 2.39. The lowest BCUT2D eigenvalue weighted by atomic mass is 10.1. The minimum absolute atomic E-state index is 0.130. The van der Waals surface area contributed by atoms with E-state index in [4.69, 9.17) is 4.74 Å². The highest BCUT2D eigenvalue weighted by atomic mass is 16.5. The van der Waals surface area contributed by atoms with Gasteiger partial charge in [0.1, 0.15) is 5.65 Å². The number of nitrogens with one attached hydrogen (secondary N) is 1. The Labute approximate surface area is 126 Å². The smallest absolute Gasteiger partial charge is 0.332 e. The van der Waals surface area contributed by atoms with Crippen LogP contribution in [0, 0.1) is 6.92 Å². The van der Waals surface area contributed by atoms with Gasteiger partial charge in [0.2, 0.25) is 0 Å². The fourth-order valence-corrected chi connectivity index (χ4v) is 2.22. The quantitative estimate of drug-likeness (QED) is 0.755. The summed E-state index contributed by atoms with van der Waals surface area (Å²) in [6.07, 6.45) is 0. The lowest BCUT2D eigenvalue weighted by molar-refractivity contribution is 0.0938. The van der Waals surface area contributed by atoms with Gasteiger partial charge in [0.15, 0.2) is 0 Å². The maximum absolute atomic E-state index is 12.4. The van der Waals surface area contributed by atoms with Crippen molar-refractivity contribution in [2.45, 2.75) is 6.92 Å². The number of aryl methyl sites for hydroxylation is 2. The van der Waals surface area contributed by atoms with Crippen LogP contribution in [0.5, 0.6) is 0 Å². The van der Waals surface area contributed by atoms with Crippen LogP contribution in [-0.2, 0) is 18.8 Å². The zero-order valence-electron chi connectivity index (χ0n) is 13.0. The van der Waals surface area contributed by atoms with Crippen molar-refractivity contribution in [3.8, 4) is 0 Å². The van der Waals surface area contributed by atoms with E-state index in [-0.39, 0.29) is 16.6 Å². The third-order valence-electron chi connectivity index (χ3n) is 3.37. The third-order valence-corrected chi connectivity index (χ3v) is 3.37. The molecule has 2 aromatic heterocycles. The van der Waals surface area contributed by atoms with Gasteiger partial charge >= 0.3 is 5.69 Å². The van der Waals surface area contributed by atoms with E-state index < -0.39 is 17.2 Å². The molecule has 1 N–H and O–H groups in total. The summed E-state index contributed by atoms with van der Waals surface area (Å²) < 4.78 is 7.10.